The Morgan fingerprint density at radius 1 is 0.591 bits per heavy atom. The van der Waals surface area contributed by atoms with E-state index >= 15 is 0 Å². The Balaban J connectivity index is 1.73. The number of rotatable bonds is 14. The molecule has 0 aliphatic carbocycles. The molecule has 0 saturated carbocycles. The zero-order chi connectivity index (χ0) is 32.2. The minimum atomic E-state index is 0.477. The lowest BCUT2D eigenvalue weighted by atomic mass is 9.92. The fourth-order valence-electron chi connectivity index (χ4n) is 5.69. The molecule has 0 bridgehead atoms. The lowest BCUT2D eigenvalue weighted by Gasteiger charge is -2.30. The van der Waals surface area contributed by atoms with Gasteiger partial charge >= 0.3 is 0 Å². The molecule has 0 saturated heterocycles. The Morgan fingerprint density at radius 2 is 0.886 bits per heavy atom. The van der Waals surface area contributed by atoms with Crippen molar-refractivity contribution in [2.24, 2.45) is 10.2 Å². The standard InChI is InChI=1S/C34H50N8S2/c1-23(2)41(24(3)4)19-17-35-33(43)39-37-21-31-27-13-9-11-15-29(27)32(30-16-12-10-14-28(30)31)22-38-40-34(44)36-18-20-42(25(5)6)26(7)8/h9-16,21-26H,17-20H2,1-8H3,(H2,35,39,43)(H2,36,40,44)/b37-21+,38-22+. The summed E-state index contributed by atoms with van der Waals surface area (Å²) in [5.41, 5.74) is 8.03. The molecular weight excluding hydrogens is 585 g/mol. The number of thiocarbonyl (C=S) groups is 2. The minimum Gasteiger partial charge on any atom is -0.360 e. The zero-order valence-electron chi connectivity index (χ0n) is 27.5. The molecule has 0 spiro atoms. The lowest BCUT2D eigenvalue weighted by molar-refractivity contribution is 0.178. The molecule has 0 amide bonds. The van der Waals surface area contributed by atoms with E-state index in [2.05, 4.69) is 121 Å². The van der Waals surface area contributed by atoms with Gasteiger partial charge in [-0.05, 0) is 101 Å². The molecule has 0 heterocycles. The van der Waals surface area contributed by atoms with Crippen molar-refractivity contribution in [1.82, 2.24) is 31.3 Å². The lowest BCUT2D eigenvalue weighted by Crippen LogP contribution is -2.43. The number of hydrazone groups is 2. The minimum absolute atomic E-state index is 0.477. The van der Waals surface area contributed by atoms with Crippen LogP contribution in [0.25, 0.3) is 21.5 Å². The van der Waals surface area contributed by atoms with Crippen LogP contribution in [0.5, 0.6) is 0 Å². The number of fused-ring (bicyclic) bond motifs is 2. The average molecular weight is 635 g/mol. The van der Waals surface area contributed by atoms with Crippen molar-refractivity contribution in [3.05, 3.63) is 59.7 Å². The van der Waals surface area contributed by atoms with Gasteiger partial charge in [0.05, 0.1) is 12.4 Å². The molecule has 10 heteroatoms. The molecular formula is C34H50N8S2. The molecule has 0 aliphatic rings. The highest BCUT2D eigenvalue weighted by molar-refractivity contribution is 7.80. The fraction of sp³-hybridized carbons (Fsp3) is 0.471. The van der Waals surface area contributed by atoms with Crippen LogP contribution in [-0.2, 0) is 0 Å². The predicted molar refractivity (Wildman–Crippen MR) is 198 cm³/mol. The summed E-state index contributed by atoms with van der Waals surface area (Å²) >= 11 is 11.0. The third-order valence-corrected chi connectivity index (χ3v) is 8.17. The Kier molecular flexibility index (Phi) is 13.9. The van der Waals surface area contributed by atoms with Crippen LogP contribution in [0.2, 0.25) is 0 Å². The Bertz CT molecular complexity index is 1270. The second-order valence-corrected chi connectivity index (χ2v) is 12.8. The quantitative estimate of drug-likeness (QED) is 0.0765. The first-order valence-corrected chi connectivity index (χ1v) is 16.4. The van der Waals surface area contributed by atoms with Gasteiger partial charge in [0.2, 0.25) is 0 Å². The summed E-state index contributed by atoms with van der Waals surface area (Å²) in [6, 6.07) is 18.5. The molecule has 0 radical (unpaired) electrons. The smallest absolute Gasteiger partial charge is 0.187 e. The second kappa shape index (κ2) is 17.3. The SMILES string of the molecule is CC(C)N(CCNC(=S)N/N=C/c1c2ccccc2c(/C=N/NC(=S)NCCN(C(C)C)C(C)C)c2ccccc12)C(C)C. The van der Waals surface area contributed by atoms with Gasteiger partial charge in [-0.25, -0.2) is 0 Å². The van der Waals surface area contributed by atoms with E-state index in [1.165, 1.54) is 0 Å². The van der Waals surface area contributed by atoms with Crippen molar-refractivity contribution < 1.29 is 0 Å². The summed E-state index contributed by atoms with van der Waals surface area (Å²) in [5, 5.41) is 20.9. The van der Waals surface area contributed by atoms with Gasteiger partial charge in [-0.3, -0.25) is 20.7 Å². The van der Waals surface area contributed by atoms with Gasteiger partial charge in [0, 0.05) is 61.5 Å². The monoisotopic (exact) mass is 634 g/mol. The van der Waals surface area contributed by atoms with Crippen LogP contribution >= 0.6 is 24.4 Å². The van der Waals surface area contributed by atoms with Gasteiger partial charge in [-0.15, -0.1) is 0 Å². The van der Waals surface area contributed by atoms with E-state index in [1.54, 1.807) is 0 Å². The van der Waals surface area contributed by atoms with E-state index in [1.807, 2.05) is 36.7 Å². The van der Waals surface area contributed by atoms with Crippen LogP contribution in [-0.4, -0.2) is 82.8 Å². The number of hydrogen-bond donors (Lipinski definition) is 4. The van der Waals surface area contributed by atoms with Crippen LogP contribution < -0.4 is 21.5 Å². The highest BCUT2D eigenvalue weighted by Gasteiger charge is 2.14. The molecule has 0 atom stereocenters. The molecule has 0 aromatic heterocycles. The van der Waals surface area contributed by atoms with E-state index < -0.39 is 0 Å². The van der Waals surface area contributed by atoms with E-state index in [4.69, 9.17) is 24.4 Å². The Hall–Kier alpha value is -3.18. The number of nitrogens with one attached hydrogen (secondary N) is 4. The Morgan fingerprint density at radius 3 is 1.16 bits per heavy atom. The highest BCUT2D eigenvalue weighted by Crippen LogP contribution is 2.31. The average Bonchev–Trinajstić information content (AvgIpc) is 2.97. The summed E-state index contributed by atoms with van der Waals surface area (Å²) in [5.74, 6) is 0. The van der Waals surface area contributed by atoms with E-state index in [-0.39, 0.29) is 0 Å². The van der Waals surface area contributed by atoms with E-state index in [9.17, 15) is 0 Å². The van der Waals surface area contributed by atoms with Crippen molar-refractivity contribution in [2.45, 2.75) is 79.6 Å². The topological polar surface area (TPSA) is 79.3 Å². The van der Waals surface area contributed by atoms with Gasteiger partial charge < -0.3 is 10.6 Å². The molecule has 0 aliphatic heterocycles. The molecule has 238 valence electrons. The maximum absolute atomic E-state index is 5.50. The first-order chi connectivity index (χ1) is 21.0. The van der Waals surface area contributed by atoms with Gasteiger partial charge in [0.15, 0.2) is 10.2 Å². The molecule has 3 aromatic rings. The molecule has 8 nitrogen and oxygen atoms in total. The number of benzene rings is 3. The molecule has 4 N–H and O–H groups in total. The third kappa shape index (κ3) is 9.92. The first-order valence-electron chi connectivity index (χ1n) is 15.6. The number of nitrogens with zero attached hydrogens (tertiary/aromatic N) is 4. The fourth-order valence-corrected chi connectivity index (χ4v) is 6.00. The van der Waals surface area contributed by atoms with Crippen molar-refractivity contribution in [3.63, 3.8) is 0 Å². The molecule has 3 aromatic carbocycles. The molecule has 44 heavy (non-hydrogen) atoms. The van der Waals surface area contributed by atoms with Crippen LogP contribution in [0.1, 0.15) is 66.5 Å². The third-order valence-electron chi connectivity index (χ3n) is 7.70. The van der Waals surface area contributed by atoms with Gasteiger partial charge in [-0.2, -0.15) is 10.2 Å². The summed E-state index contributed by atoms with van der Waals surface area (Å²) in [6.07, 6.45) is 3.70. The van der Waals surface area contributed by atoms with Crippen molar-refractivity contribution >= 4 is 68.6 Å². The van der Waals surface area contributed by atoms with Crippen LogP contribution in [0.15, 0.2) is 58.7 Å². The zero-order valence-corrected chi connectivity index (χ0v) is 29.1. The molecule has 0 unspecified atom stereocenters. The maximum Gasteiger partial charge on any atom is 0.187 e. The predicted octanol–water partition coefficient (Wildman–Crippen LogP) is 5.83. The Labute approximate surface area is 274 Å². The van der Waals surface area contributed by atoms with E-state index in [0.29, 0.717) is 34.4 Å². The summed E-state index contributed by atoms with van der Waals surface area (Å²) in [7, 11) is 0. The normalized spacial score (nSPS) is 12.3. The van der Waals surface area contributed by atoms with Crippen LogP contribution in [0.4, 0.5) is 0 Å². The number of hydrogen-bond acceptors (Lipinski definition) is 6. The van der Waals surface area contributed by atoms with Gasteiger partial charge in [-0.1, -0.05) is 48.5 Å². The van der Waals surface area contributed by atoms with E-state index in [0.717, 1.165) is 58.9 Å². The summed E-state index contributed by atoms with van der Waals surface area (Å²) in [6.45, 7) is 21.0. The van der Waals surface area contributed by atoms with Crippen LogP contribution in [0, 0.1) is 0 Å². The first kappa shape index (κ1) is 35.3. The largest absolute Gasteiger partial charge is 0.360 e. The second-order valence-electron chi connectivity index (χ2n) is 12.0. The van der Waals surface area contributed by atoms with Crippen molar-refractivity contribution in [2.75, 3.05) is 26.2 Å². The van der Waals surface area contributed by atoms with Crippen molar-refractivity contribution in [3.8, 4) is 0 Å². The van der Waals surface area contributed by atoms with Gasteiger partial charge in [0.25, 0.3) is 0 Å². The highest BCUT2D eigenvalue weighted by atomic mass is 32.1. The van der Waals surface area contributed by atoms with Gasteiger partial charge in [0.1, 0.15) is 0 Å². The van der Waals surface area contributed by atoms with Crippen LogP contribution in [0.3, 0.4) is 0 Å². The summed E-state index contributed by atoms with van der Waals surface area (Å²) in [4.78, 5) is 4.85. The van der Waals surface area contributed by atoms with Crippen molar-refractivity contribution in [1.29, 1.82) is 0 Å². The summed E-state index contributed by atoms with van der Waals surface area (Å²) < 4.78 is 0. The molecule has 0 fully saturated rings. The maximum atomic E-state index is 5.50. The molecule has 3 rings (SSSR count).